The molecule has 0 aromatic heterocycles. The van der Waals surface area contributed by atoms with Gasteiger partial charge in [-0.3, -0.25) is 9.59 Å². The minimum atomic E-state index is -0.0247. The number of aryl methyl sites for hydroxylation is 1. The van der Waals surface area contributed by atoms with Crippen LogP contribution >= 0.6 is 0 Å². The Morgan fingerprint density at radius 3 is 2.41 bits per heavy atom. The number of benzene rings is 1. The van der Waals surface area contributed by atoms with Crippen LogP contribution in [0.3, 0.4) is 0 Å². The van der Waals surface area contributed by atoms with Crippen molar-refractivity contribution >= 4 is 11.8 Å². The van der Waals surface area contributed by atoms with Crippen molar-refractivity contribution < 1.29 is 14.3 Å². The molecular formula is C17H26N2O3. The first-order chi connectivity index (χ1) is 10.5. The van der Waals surface area contributed by atoms with Crippen molar-refractivity contribution in [2.24, 2.45) is 0 Å². The first kappa shape index (κ1) is 18.0. The Morgan fingerprint density at radius 2 is 1.82 bits per heavy atom. The van der Waals surface area contributed by atoms with Crippen LogP contribution in [0.4, 0.5) is 0 Å². The van der Waals surface area contributed by atoms with E-state index in [2.05, 4.69) is 0 Å². The summed E-state index contributed by atoms with van der Waals surface area (Å²) in [5, 5.41) is 0. The molecule has 5 nitrogen and oxygen atoms in total. The normalized spacial score (nSPS) is 10.2. The highest BCUT2D eigenvalue weighted by molar-refractivity contribution is 5.84. The fourth-order valence-electron chi connectivity index (χ4n) is 2.24. The van der Waals surface area contributed by atoms with Crippen LogP contribution in [0.25, 0.3) is 0 Å². The molecule has 0 bridgehead atoms. The minimum Gasteiger partial charge on any atom is -0.497 e. The molecule has 1 aromatic carbocycles. The number of carbonyl (C=O) groups is 2. The number of likely N-dealkylation sites (N-methyl/N-ethyl adjacent to an activating group) is 2. The van der Waals surface area contributed by atoms with Gasteiger partial charge in [0.1, 0.15) is 5.75 Å². The lowest BCUT2D eigenvalue weighted by atomic mass is 10.1. The Bertz CT molecular complexity index is 498. The number of ether oxygens (including phenoxy) is 1. The molecule has 2 amide bonds. The van der Waals surface area contributed by atoms with Crippen LogP contribution in [0.1, 0.15) is 25.8 Å². The fourth-order valence-corrected chi connectivity index (χ4v) is 2.24. The van der Waals surface area contributed by atoms with Gasteiger partial charge in [0.25, 0.3) is 0 Å². The van der Waals surface area contributed by atoms with Gasteiger partial charge in [0.05, 0.1) is 13.7 Å². The number of hydrogen-bond donors (Lipinski definition) is 0. The van der Waals surface area contributed by atoms with Crippen LogP contribution in [0.5, 0.6) is 5.75 Å². The molecule has 0 aliphatic carbocycles. The second-order valence-electron chi connectivity index (χ2n) is 5.17. The molecule has 0 saturated carbocycles. The second kappa shape index (κ2) is 9.07. The van der Waals surface area contributed by atoms with Crippen LogP contribution in [-0.4, -0.2) is 55.4 Å². The van der Waals surface area contributed by atoms with Crippen LogP contribution < -0.4 is 4.74 Å². The molecule has 0 fully saturated rings. The van der Waals surface area contributed by atoms with Crippen molar-refractivity contribution in [3.63, 3.8) is 0 Å². The molecule has 0 unspecified atom stereocenters. The lowest BCUT2D eigenvalue weighted by Crippen LogP contribution is -2.41. The topological polar surface area (TPSA) is 49.9 Å². The quantitative estimate of drug-likeness (QED) is 0.737. The van der Waals surface area contributed by atoms with Gasteiger partial charge in [0, 0.05) is 26.6 Å². The summed E-state index contributed by atoms with van der Waals surface area (Å²) in [4.78, 5) is 27.4. The summed E-state index contributed by atoms with van der Waals surface area (Å²) in [6, 6.07) is 7.68. The third-order valence-electron chi connectivity index (χ3n) is 3.68. The lowest BCUT2D eigenvalue weighted by molar-refractivity contribution is -0.139. The van der Waals surface area contributed by atoms with E-state index >= 15 is 0 Å². The summed E-state index contributed by atoms with van der Waals surface area (Å²) in [5.41, 5.74) is 1.05. The van der Waals surface area contributed by atoms with Gasteiger partial charge in [-0.1, -0.05) is 12.1 Å². The van der Waals surface area contributed by atoms with E-state index in [0.717, 1.165) is 11.3 Å². The van der Waals surface area contributed by atoms with Crippen LogP contribution in [0.2, 0.25) is 0 Å². The molecular weight excluding hydrogens is 280 g/mol. The average molecular weight is 306 g/mol. The molecule has 0 N–H and O–H groups in total. The zero-order valence-electron chi connectivity index (χ0n) is 14.0. The summed E-state index contributed by atoms with van der Waals surface area (Å²) in [6.45, 7) is 5.35. The van der Waals surface area contributed by atoms with E-state index < -0.39 is 0 Å². The van der Waals surface area contributed by atoms with Crippen LogP contribution in [-0.2, 0) is 16.0 Å². The van der Waals surface area contributed by atoms with Gasteiger partial charge in [0.15, 0.2) is 0 Å². The molecule has 0 heterocycles. The smallest absolute Gasteiger partial charge is 0.242 e. The van der Waals surface area contributed by atoms with E-state index in [1.807, 2.05) is 38.1 Å². The molecule has 5 heteroatoms. The zero-order valence-corrected chi connectivity index (χ0v) is 14.0. The Hall–Kier alpha value is -2.04. The van der Waals surface area contributed by atoms with Gasteiger partial charge >= 0.3 is 0 Å². The molecule has 0 spiro atoms. The molecule has 0 atom stereocenters. The van der Waals surface area contributed by atoms with Gasteiger partial charge in [0.2, 0.25) is 11.8 Å². The maximum atomic E-state index is 12.1. The van der Waals surface area contributed by atoms with Crippen LogP contribution in [0.15, 0.2) is 24.3 Å². The molecule has 0 radical (unpaired) electrons. The van der Waals surface area contributed by atoms with Gasteiger partial charge < -0.3 is 14.5 Å². The van der Waals surface area contributed by atoms with E-state index in [0.29, 0.717) is 25.9 Å². The summed E-state index contributed by atoms with van der Waals surface area (Å²) < 4.78 is 5.17. The first-order valence-electron chi connectivity index (χ1n) is 7.66. The average Bonchev–Trinajstić information content (AvgIpc) is 2.53. The fraction of sp³-hybridized carbons (Fsp3) is 0.529. The van der Waals surface area contributed by atoms with E-state index in [1.54, 1.807) is 19.1 Å². The molecule has 1 rings (SSSR count). The summed E-state index contributed by atoms with van der Waals surface area (Å²) in [5.74, 6) is 0.751. The van der Waals surface area contributed by atoms with E-state index in [4.69, 9.17) is 4.74 Å². The van der Waals surface area contributed by atoms with Crippen molar-refractivity contribution in [2.45, 2.75) is 26.7 Å². The van der Waals surface area contributed by atoms with E-state index in [1.165, 1.54) is 4.90 Å². The number of hydrogen-bond acceptors (Lipinski definition) is 3. The van der Waals surface area contributed by atoms with Crippen LogP contribution in [0, 0.1) is 0 Å². The predicted molar refractivity (Wildman–Crippen MR) is 86.9 cm³/mol. The number of rotatable bonds is 8. The molecule has 0 saturated heterocycles. The number of carbonyl (C=O) groups excluding carboxylic acids is 2. The monoisotopic (exact) mass is 306 g/mol. The number of methoxy groups -OCH3 is 1. The first-order valence-corrected chi connectivity index (χ1v) is 7.66. The van der Waals surface area contributed by atoms with Crippen molar-refractivity contribution in [1.82, 2.24) is 9.80 Å². The highest BCUT2D eigenvalue weighted by atomic mass is 16.5. The molecule has 22 heavy (non-hydrogen) atoms. The molecule has 0 aliphatic rings. The number of amides is 2. The lowest BCUT2D eigenvalue weighted by Gasteiger charge is -2.23. The Labute approximate surface area is 132 Å². The highest BCUT2D eigenvalue weighted by Crippen LogP contribution is 2.14. The van der Waals surface area contributed by atoms with Gasteiger partial charge in [-0.2, -0.15) is 0 Å². The van der Waals surface area contributed by atoms with Gasteiger partial charge in [-0.05, 0) is 38.0 Å². The van der Waals surface area contributed by atoms with Crippen molar-refractivity contribution in [3.8, 4) is 5.75 Å². The van der Waals surface area contributed by atoms with E-state index in [-0.39, 0.29) is 18.4 Å². The zero-order chi connectivity index (χ0) is 16.5. The summed E-state index contributed by atoms with van der Waals surface area (Å²) in [6.07, 6.45) is 1.02. The SMILES string of the molecule is CCN(CC)C(=O)CN(C)C(=O)CCc1cccc(OC)c1. The third-order valence-corrected chi connectivity index (χ3v) is 3.68. The minimum absolute atomic E-state index is 0.0118. The third kappa shape index (κ3) is 5.39. The summed E-state index contributed by atoms with van der Waals surface area (Å²) in [7, 11) is 3.30. The largest absolute Gasteiger partial charge is 0.497 e. The number of nitrogens with zero attached hydrogens (tertiary/aromatic N) is 2. The van der Waals surface area contributed by atoms with Crippen molar-refractivity contribution in [3.05, 3.63) is 29.8 Å². The van der Waals surface area contributed by atoms with Crippen molar-refractivity contribution in [2.75, 3.05) is 33.8 Å². The Morgan fingerprint density at radius 1 is 1.14 bits per heavy atom. The predicted octanol–water partition coefficient (Wildman–Crippen LogP) is 1.95. The summed E-state index contributed by atoms with van der Waals surface area (Å²) >= 11 is 0. The second-order valence-corrected chi connectivity index (χ2v) is 5.17. The Balaban J connectivity index is 2.48. The Kier molecular flexibility index (Phi) is 7.43. The highest BCUT2D eigenvalue weighted by Gasteiger charge is 2.16. The molecule has 122 valence electrons. The maximum Gasteiger partial charge on any atom is 0.242 e. The molecule has 0 aliphatic heterocycles. The molecule has 1 aromatic rings. The maximum absolute atomic E-state index is 12.1. The van der Waals surface area contributed by atoms with Gasteiger partial charge in [-0.15, -0.1) is 0 Å². The standard InChI is InChI=1S/C17H26N2O3/c1-5-19(6-2)17(21)13-18(3)16(20)11-10-14-8-7-9-15(12-14)22-4/h7-9,12H,5-6,10-11,13H2,1-4H3. The van der Waals surface area contributed by atoms with Gasteiger partial charge in [-0.25, -0.2) is 0 Å². The van der Waals surface area contributed by atoms with Crippen molar-refractivity contribution in [1.29, 1.82) is 0 Å². The van der Waals surface area contributed by atoms with E-state index in [9.17, 15) is 9.59 Å².